The summed E-state index contributed by atoms with van der Waals surface area (Å²) in [6.45, 7) is 1.15. The van der Waals surface area contributed by atoms with Crippen molar-refractivity contribution < 1.29 is 9.15 Å². The van der Waals surface area contributed by atoms with Gasteiger partial charge in [-0.25, -0.2) is 9.97 Å². The molecule has 4 rings (SSSR count). The second kappa shape index (κ2) is 9.07. The zero-order valence-corrected chi connectivity index (χ0v) is 16.9. The van der Waals surface area contributed by atoms with Gasteiger partial charge in [-0.1, -0.05) is 42.1 Å². The first-order chi connectivity index (χ1) is 14.3. The number of benzene rings is 2. The molecule has 0 spiro atoms. The van der Waals surface area contributed by atoms with Gasteiger partial charge >= 0.3 is 0 Å². The van der Waals surface area contributed by atoms with E-state index in [0.29, 0.717) is 40.9 Å². The number of aromatic nitrogens is 3. The highest BCUT2D eigenvalue weighted by Gasteiger charge is 2.13. The molecule has 148 valence electrons. The molecule has 0 saturated heterocycles. The predicted octanol–water partition coefficient (Wildman–Crippen LogP) is 4.38. The van der Waals surface area contributed by atoms with E-state index in [4.69, 9.17) is 14.1 Å². The number of nitrogens with zero attached hydrogens (tertiary/aromatic N) is 3. The van der Waals surface area contributed by atoms with E-state index in [9.17, 15) is 4.79 Å². The summed E-state index contributed by atoms with van der Waals surface area (Å²) in [4.78, 5) is 22.3. The van der Waals surface area contributed by atoms with Gasteiger partial charge in [0.15, 0.2) is 5.16 Å². The van der Waals surface area contributed by atoms with Crippen molar-refractivity contribution in [3.05, 3.63) is 76.9 Å². The smallest absolute Gasteiger partial charge is 0.262 e. The Kier molecular flexibility index (Phi) is 6.07. The molecular formula is C22H21N3O3S. The molecule has 0 saturated carbocycles. The topological polar surface area (TPSA) is 70.2 Å². The highest BCUT2D eigenvalue weighted by atomic mass is 32.2. The lowest BCUT2D eigenvalue weighted by Crippen LogP contribution is -2.24. The fourth-order valence-corrected chi connectivity index (χ4v) is 3.95. The molecule has 0 radical (unpaired) electrons. The maximum absolute atomic E-state index is 13.0. The van der Waals surface area contributed by atoms with Crippen LogP contribution in [0.1, 0.15) is 12.1 Å². The second-order valence-electron chi connectivity index (χ2n) is 6.51. The molecule has 6 nitrogen and oxygen atoms in total. The zero-order chi connectivity index (χ0) is 20.1. The minimum Gasteiger partial charge on any atom is -0.444 e. The largest absolute Gasteiger partial charge is 0.444 e. The molecule has 0 aliphatic carbocycles. The maximum atomic E-state index is 13.0. The van der Waals surface area contributed by atoms with Gasteiger partial charge in [0.05, 0.1) is 16.6 Å². The number of para-hydroxylation sites is 1. The SMILES string of the molecule is COCCCn1c(SCc2coc(-c3ccccc3)n2)nc2ccccc2c1=O. The van der Waals surface area contributed by atoms with E-state index in [2.05, 4.69) is 4.98 Å². The van der Waals surface area contributed by atoms with Crippen LogP contribution in [0.4, 0.5) is 0 Å². The van der Waals surface area contributed by atoms with E-state index >= 15 is 0 Å². The van der Waals surface area contributed by atoms with Crippen molar-refractivity contribution in [3.8, 4) is 11.5 Å². The third-order valence-electron chi connectivity index (χ3n) is 4.48. The molecule has 29 heavy (non-hydrogen) atoms. The highest BCUT2D eigenvalue weighted by Crippen LogP contribution is 2.24. The first-order valence-corrected chi connectivity index (χ1v) is 10.4. The molecular weight excluding hydrogens is 386 g/mol. The van der Waals surface area contributed by atoms with E-state index in [0.717, 1.165) is 17.7 Å². The first-order valence-electron chi connectivity index (χ1n) is 9.37. The van der Waals surface area contributed by atoms with Crippen molar-refractivity contribution >= 4 is 22.7 Å². The van der Waals surface area contributed by atoms with E-state index in [1.165, 1.54) is 11.8 Å². The van der Waals surface area contributed by atoms with Crippen LogP contribution in [0.2, 0.25) is 0 Å². The fraction of sp³-hybridized carbons (Fsp3) is 0.227. The Balaban J connectivity index is 1.59. The Labute approximate surface area is 172 Å². The van der Waals surface area contributed by atoms with Crippen LogP contribution in [0.3, 0.4) is 0 Å². The standard InChI is InChI=1S/C22H21N3O3S/c1-27-13-7-12-25-21(26)18-10-5-6-11-19(18)24-22(25)29-15-17-14-28-20(23-17)16-8-3-2-4-9-16/h2-6,8-11,14H,7,12-13,15H2,1H3. The van der Waals surface area contributed by atoms with Crippen molar-refractivity contribution in [1.29, 1.82) is 0 Å². The summed E-state index contributed by atoms with van der Waals surface area (Å²) < 4.78 is 12.5. The van der Waals surface area contributed by atoms with Crippen molar-refractivity contribution in [2.45, 2.75) is 23.9 Å². The number of hydrogen-bond donors (Lipinski definition) is 0. The Hall–Kier alpha value is -2.90. The van der Waals surface area contributed by atoms with Crippen LogP contribution in [-0.4, -0.2) is 28.3 Å². The summed E-state index contributed by atoms with van der Waals surface area (Å²) in [7, 11) is 1.66. The molecule has 2 aromatic carbocycles. The van der Waals surface area contributed by atoms with Gasteiger partial charge in [-0.2, -0.15) is 0 Å². The second-order valence-corrected chi connectivity index (χ2v) is 7.46. The van der Waals surface area contributed by atoms with Crippen LogP contribution < -0.4 is 5.56 Å². The van der Waals surface area contributed by atoms with Crippen LogP contribution >= 0.6 is 11.8 Å². The average Bonchev–Trinajstić information content (AvgIpc) is 3.24. The number of rotatable bonds is 8. The molecule has 0 aliphatic rings. The van der Waals surface area contributed by atoms with Gasteiger partial charge in [-0.05, 0) is 30.7 Å². The molecule has 0 N–H and O–H groups in total. The lowest BCUT2D eigenvalue weighted by Gasteiger charge is -2.12. The van der Waals surface area contributed by atoms with Gasteiger partial charge in [0.1, 0.15) is 6.26 Å². The molecule has 2 aromatic heterocycles. The quantitative estimate of drug-likeness (QED) is 0.245. The van der Waals surface area contributed by atoms with Crippen LogP contribution in [0.5, 0.6) is 0 Å². The summed E-state index contributed by atoms with van der Waals surface area (Å²) in [5.74, 6) is 1.15. The Morgan fingerprint density at radius 2 is 1.86 bits per heavy atom. The summed E-state index contributed by atoms with van der Waals surface area (Å²) in [6, 6.07) is 17.2. The number of methoxy groups -OCH3 is 1. The Morgan fingerprint density at radius 1 is 1.07 bits per heavy atom. The Bertz CT molecular complexity index is 1150. The third kappa shape index (κ3) is 4.41. The molecule has 0 unspecified atom stereocenters. The molecule has 0 atom stereocenters. The van der Waals surface area contributed by atoms with Crippen LogP contribution in [0.25, 0.3) is 22.4 Å². The Morgan fingerprint density at radius 3 is 2.69 bits per heavy atom. The fourth-order valence-electron chi connectivity index (χ4n) is 3.05. The first kappa shape index (κ1) is 19.4. The molecule has 0 amide bonds. The number of hydrogen-bond acceptors (Lipinski definition) is 6. The molecule has 4 aromatic rings. The monoisotopic (exact) mass is 407 g/mol. The summed E-state index contributed by atoms with van der Waals surface area (Å²) in [6.07, 6.45) is 2.40. The minimum absolute atomic E-state index is 0.0284. The predicted molar refractivity (Wildman–Crippen MR) is 114 cm³/mol. The van der Waals surface area contributed by atoms with E-state index in [-0.39, 0.29) is 5.56 Å². The van der Waals surface area contributed by atoms with Gasteiger partial charge in [0.2, 0.25) is 5.89 Å². The maximum Gasteiger partial charge on any atom is 0.262 e. The molecule has 0 fully saturated rings. The molecule has 0 aliphatic heterocycles. The lowest BCUT2D eigenvalue weighted by atomic mass is 10.2. The van der Waals surface area contributed by atoms with Gasteiger partial charge in [0.25, 0.3) is 5.56 Å². The summed E-state index contributed by atoms with van der Waals surface area (Å²) in [5, 5.41) is 1.30. The van der Waals surface area contributed by atoms with Crippen molar-refractivity contribution in [1.82, 2.24) is 14.5 Å². The molecule has 7 heteroatoms. The lowest BCUT2D eigenvalue weighted by molar-refractivity contribution is 0.189. The van der Waals surface area contributed by atoms with Crippen LogP contribution in [0.15, 0.2) is 75.2 Å². The molecule has 2 heterocycles. The number of thioether (sulfide) groups is 1. The van der Waals surface area contributed by atoms with E-state index < -0.39 is 0 Å². The van der Waals surface area contributed by atoms with Gasteiger partial charge in [-0.15, -0.1) is 0 Å². The van der Waals surface area contributed by atoms with Gasteiger partial charge < -0.3 is 9.15 Å². The average molecular weight is 407 g/mol. The summed E-state index contributed by atoms with van der Waals surface area (Å²) in [5.41, 5.74) is 2.41. The summed E-state index contributed by atoms with van der Waals surface area (Å²) >= 11 is 1.48. The van der Waals surface area contributed by atoms with Gasteiger partial charge in [-0.3, -0.25) is 9.36 Å². The molecule has 0 bridgehead atoms. The number of ether oxygens (including phenoxy) is 1. The van der Waals surface area contributed by atoms with E-state index in [1.807, 2.05) is 54.6 Å². The van der Waals surface area contributed by atoms with Gasteiger partial charge in [0, 0.05) is 31.6 Å². The third-order valence-corrected chi connectivity index (χ3v) is 5.49. The van der Waals surface area contributed by atoms with Crippen molar-refractivity contribution in [3.63, 3.8) is 0 Å². The number of fused-ring (bicyclic) bond motifs is 1. The van der Waals surface area contributed by atoms with Crippen molar-refractivity contribution in [2.24, 2.45) is 0 Å². The van der Waals surface area contributed by atoms with E-state index in [1.54, 1.807) is 17.9 Å². The van der Waals surface area contributed by atoms with Crippen LogP contribution in [0, 0.1) is 0 Å². The number of oxazole rings is 1. The highest BCUT2D eigenvalue weighted by molar-refractivity contribution is 7.98. The van der Waals surface area contributed by atoms with Crippen molar-refractivity contribution in [2.75, 3.05) is 13.7 Å². The van der Waals surface area contributed by atoms with Crippen LogP contribution in [-0.2, 0) is 17.0 Å². The minimum atomic E-state index is -0.0284. The zero-order valence-electron chi connectivity index (χ0n) is 16.1. The normalized spacial score (nSPS) is 11.2.